The van der Waals surface area contributed by atoms with Crippen LogP contribution in [-0.2, 0) is 18.3 Å². The van der Waals surface area contributed by atoms with Crippen LogP contribution in [0.1, 0.15) is 29.5 Å². The van der Waals surface area contributed by atoms with Crippen molar-refractivity contribution in [2.24, 2.45) is 7.05 Å². The Labute approximate surface area is 166 Å². The molecule has 8 heteroatoms. The van der Waals surface area contributed by atoms with Crippen molar-refractivity contribution in [3.8, 4) is 0 Å². The van der Waals surface area contributed by atoms with E-state index in [-0.39, 0.29) is 16.8 Å². The summed E-state index contributed by atoms with van der Waals surface area (Å²) in [6.07, 6.45) is 1.36. The number of hydrogen-bond acceptors (Lipinski definition) is 3. The van der Waals surface area contributed by atoms with Crippen LogP contribution in [0.2, 0.25) is 5.02 Å². The molecule has 2 aromatic carbocycles. The highest BCUT2D eigenvalue weighted by Gasteiger charge is 2.11. The predicted octanol–water partition coefficient (Wildman–Crippen LogP) is 3.69. The van der Waals surface area contributed by atoms with Gasteiger partial charge in [-0.15, -0.1) is 0 Å². The number of aromatic nitrogens is 2. The number of nitrogens with zero attached hydrogens (tertiary/aromatic N) is 2. The summed E-state index contributed by atoms with van der Waals surface area (Å²) in [6, 6.07) is 9.46. The maximum Gasteiger partial charge on any atom is 0.251 e. The van der Waals surface area contributed by atoms with E-state index in [9.17, 15) is 14.0 Å². The van der Waals surface area contributed by atoms with E-state index in [0.717, 1.165) is 16.9 Å². The molecule has 28 heavy (non-hydrogen) atoms. The first-order valence-corrected chi connectivity index (χ1v) is 9.19. The summed E-state index contributed by atoms with van der Waals surface area (Å²) in [7, 11) is 1.93. The third kappa shape index (κ3) is 4.48. The second kappa shape index (κ2) is 8.39. The Balaban J connectivity index is 1.59. The molecule has 0 aliphatic rings. The summed E-state index contributed by atoms with van der Waals surface area (Å²) < 4.78 is 15.2. The zero-order valence-electron chi connectivity index (χ0n) is 15.6. The van der Waals surface area contributed by atoms with Crippen LogP contribution >= 0.6 is 11.6 Å². The number of rotatable bonds is 6. The van der Waals surface area contributed by atoms with Gasteiger partial charge in [-0.25, -0.2) is 9.37 Å². The monoisotopic (exact) mass is 402 g/mol. The molecule has 0 spiro atoms. The quantitative estimate of drug-likeness (QED) is 0.617. The Morgan fingerprint density at radius 2 is 2.00 bits per heavy atom. The van der Waals surface area contributed by atoms with Crippen molar-refractivity contribution in [2.45, 2.75) is 19.8 Å². The van der Waals surface area contributed by atoms with Crippen LogP contribution in [0.25, 0.3) is 11.0 Å². The molecule has 0 aliphatic heterocycles. The zero-order chi connectivity index (χ0) is 20.3. The van der Waals surface area contributed by atoms with E-state index in [1.807, 2.05) is 29.8 Å². The summed E-state index contributed by atoms with van der Waals surface area (Å²) in [5.41, 5.74) is 2.79. The number of anilines is 1. The zero-order valence-corrected chi connectivity index (χ0v) is 16.3. The molecule has 3 rings (SSSR count). The number of carbonyl (C=O) groups is 2. The maximum atomic E-state index is 13.2. The summed E-state index contributed by atoms with van der Waals surface area (Å²) in [5.74, 6) is -0.101. The largest absolute Gasteiger partial charge is 0.352 e. The molecule has 1 heterocycles. The Morgan fingerprint density at radius 1 is 1.21 bits per heavy atom. The Kier molecular flexibility index (Phi) is 5.94. The molecule has 0 saturated heterocycles. The fourth-order valence-electron chi connectivity index (χ4n) is 2.94. The van der Waals surface area contributed by atoms with Crippen molar-refractivity contribution < 1.29 is 14.0 Å². The minimum Gasteiger partial charge on any atom is -0.352 e. The molecule has 1 aromatic heterocycles. The van der Waals surface area contributed by atoms with Gasteiger partial charge in [0.25, 0.3) is 5.91 Å². The van der Waals surface area contributed by atoms with E-state index in [1.165, 1.54) is 25.1 Å². The van der Waals surface area contributed by atoms with Gasteiger partial charge in [0.1, 0.15) is 11.6 Å². The lowest BCUT2D eigenvalue weighted by molar-refractivity contribution is -0.114. The lowest BCUT2D eigenvalue weighted by Crippen LogP contribution is -2.25. The minimum absolute atomic E-state index is 0.0778. The fourth-order valence-corrected chi connectivity index (χ4v) is 3.12. The lowest BCUT2D eigenvalue weighted by atomic mass is 10.2. The molecule has 0 radical (unpaired) electrons. The van der Waals surface area contributed by atoms with Crippen molar-refractivity contribution in [1.82, 2.24) is 14.9 Å². The van der Waals surface area contributed by atoms with E-state index in [1.54, 1.807) is 0 Å². The SMILES string of the molecule is CC(=O)Nc1ccc2c(c1)nc(CCCNC(=O)c1ccc(F)c(Cl)c1)n2C. The van der Waals surface area contributed by atoms with Crippen molar-refractivity contribution in [3.05, 3.63) is 58.6 Å². The van der Waals surface area contributed by atoms with Gasteiger partial charge in [0, 0.05) is 38.2 Å². The third-order valence-corrected chi connectivity index (χ3v) is 4.63. The van der Waals surface area contributed by atoms with Gasteiger partial charge in [0.2, 0.25) is 5.91 Å². The highest BCUT2D eigenvalue weighted by Crippen LogP contribution is 2.20. The molecule has 0 saturated carbocycles. The van der Waals surface area contributed by atoms with Gasteiger partial charge in [-0.3, -0.25) is 9.59 Å². The van der Waals surface area contributed by atoms with Gasteiger partial charge < -0.3 is 15.2 Å². The highest BCUT2D eigenvalue weighted by atomic mass is 35.5. The Bertz CT molecular complexity index is 1050. The Morgan fingerprint density at radius 3 is 2.71 bits per heavy atom. The highest BCUT2D eigenvalue weighted by molar-refractivity contribution is 6.31. The first kappa shape index (κ1) is 19.8. The first-order chi connectivity index (χ1) is 13.3. The van der Waals surface area contributed by atoms with Gasteiger partial charge in [-0.2, -0.15) is 0 Å². The molecule has 0 bridgehead atoms. The molecule has 2 N–H and O–H groups in total. The lowest BCUT2D eigenvalue weighted by Gasteiger charge is -2.06. The Hall–Kier alpha value is -2.93. The van der Waals surface area contributed by atoms with E-state index in [0.29, 0.717) is 30.6 Å². The van der Waals surface area contributed by atoms with E-state index in [2.05, 4.69) is 15.6 Å². The number of aryl methyl sites for hydroxylation is 2. The van der Waals surface area contributed by atoms with Crippen LogP contribution < -0.4 is 10.6 Å². The number of imidazole rings is 1. The van der Waals surface area contributed by atoms with E-state index >= 15 is 0 Å². The summed E-state index contributed by atoms with van der Waals surface area (Å²) in [4.78, 5) is 27.9. The predicted molar refractivity (Wildman–Crippen MR) is 107 cm³/mol. The van der Waals surface area contributed by atoms with Gasteiger partial charge in [0.05, 0.1) is 16.1 Å². The van der Waals surface area contributed by atoms with E-state index in [4.69, 9.17) is 11.6 Å². The van der Waals surface area contributed by atoms with Crippen molar-refractivity contribution in [1.29, 1.82) is 0 Å². The number of amides is 2. The number of fused-ring (bicyclic) bond motifs is 1. The summed E-state index contributed by atoms with van der Waals surface area (Å²) in [6.45, 7) is 1.91. The number of nitrogens with one attached hydrogen (secondary N) is 2. The summed E-state index contributed by atoms with van der Waals surface area (Å²) >= 11 is 5.71. The average Bonchev–Trinajstić information content (AvgIpc) is 2.95. The molecule has 0 unspecified atom stereocenters. The van der Waals surface area contributed by atoms with Crippen LogP contribution in [0.4, 0.5) is 10.1 Å². The van der Waals surface area contributed by atoms with Gasteiger partial charge in [0.15, 0.2) is 0 Å². The standard InChI is InChI=1S/C20H20ClFN4O2/c1-12(27)24-14-6-8-18-17(11-14)25-19(26(18)2)4-3-9-23-20(28)13-5-7-16(22)15(21)10-13/h5-8,10-11H,3-4,9H2,1-2H3,(H,23,28)(H,24,27). The second-order valence-corrected chi connectivity index (χ2v) is 6.87. The minimum atomic E-state index is -0.554. The van der Waals surface area contributed by atoms with Crippen molar-refractivity contribution in [3.63, 3.8) is 0 Å². The van der Waals surface area contributed by atoms with Crippen molar-refractivity contribution in [2.75, 3.05) is 11.9 Å². The topological polar surface area (TPSA) is 76.0 Å². The van der Waals surface area contributed by atoms with Crippen LogP contribution in [0.5, 0.6) is 0 Å². The van der Waals surface area contributed by atoms with Crippen LogP contribution in [0.15, 0.2) is 36.4 Å². The number of carbonyl (C=O) groups excluding carboxylic acids is 2. The van der Waals surface area contributed by atoms with E-state index < -0.39 is 5.82 Å². The van der Waals surface area contributed by atoms with Gasteiger partial charge in [-0.05, 0) is 42.8 Å². The molecule has 146 valence electrons. The smallest absolute Gasteiger partial charge is 0.251 e. The second-order valence-electron chi connectivity index (χ2n) is 6.46. The van der Waals surface area contributed by atoms with Crippen LogP contribution in [-0.4, -0.2) is 27.9 Å². The normalized spacial score (nSPS) is 10.9. The van der Waals surface area contributed by atoms with Crippen molar-refractivity contribution >= 4 is 40.1 Å². The third-order valence-electron chi connectivity index (χ3n) is 4.34. The molecular formula is C20H20ClFN4O2. The average molecular weight is 403 g/mol. The molecule has 6 nitrogen and oxygen atoms in total. The molecule has 2 amide bonds. The van der Waals surface area contributed by atoms with Crippen LogP contribution in [0.3, 0.4) is 0 Å². The van der Waals surface area contributed by atoms with Gasteiger partial charge >= 0.3 is 0 Å². The number of hydrogen-bond donors (Lipinski definition) is 2. The number of benzene rings is 2. The van der Waals surface area contributed by atoms with Gasteiger partial charge in [-0.1, -0.05) is 11.6 Å². The maximum absolute atomic E-state index is 13.2. The molecule has 0 fully saturated rings. The molecular weight excluding hydrogens is 383 g/mol. The fraction of sp³-hybridized carbons (Fsp3) is 0.250. The first-order valence-electron chi connectivity index (χ1n) is 8.81. The molecule has 0 aliphatic carbocycles. The molecule has 0 atom stereocenters. The molecule has 3 aromatic rings. The summed E-state index contributed by atoms with van der Waals surface area (Å²) in [5, 5.41) is 5.46. The van der Waals surface area contributed by atoms with Crippen LogP contribution in [0, 0.1) is 5.82 Å². The number of halogens is 2.